The van der Waals surface area contributed by atoms with Crippen molar-refractivity contribution in [1.29, 1.82) is 0 Å². The second-order valence-corrected chi connectivity index (χ2v) is 6.08. The number of hydrogen-bond acceptors (Lipinski definition) is 5. The van der Waals surface area contributed by atoms with E-state index in [9.17, 15) is 0 Å². The molecule has 21 heavy (non-hydrogen) atoms. The van der Waals surface area contributed by atoms with Crippen LogP contribution in [0.2, 0.25) is 0 Å². The standard InChI is InChI=1S/C15H30N6/c1-5-12-9-13(21(6-2)18-12)10-14(17-16)15-11-19(3)7-8-20(15)4/h9,14-15,17H,5-8,10-11,16H2,1-4H3. The number of nitrogens with zero attached hydrogens (tertiary/aromatic N) is 4. The molecule has 1 aromatic heterocycles. The van der Waals surface area contributed by atoms with Gasteiger partial charge in [0.05, 0.1) is 5.69 Å². The van der Waals surface area contributed by atoms with Gasteiger partial charge in [0.25, 0.3) is 0 Å². The van der Waals surface area contributed by atoms with Gasteiger partial charge in [0.2, 0.25) is 0 Å². The van der Waals surface area contributed by atoms with Crippen molar-refractivity contribution in [2.24, 2.45) is 5.84 Å². The van der Waals surface area contributed by atoms with E-state index >= 15 is 0 Å². The summed E-state index contributed by atoms with van der Waals surface area (Å²) in [6, 6.07) is 2.89. The van der Waals surface area contributed by atoms with Gasteiger partial charge in [-0.05, 0) is 33.5 Å². The van der Waals surface area contributed by atoms with E-state index < -0.39 is 0 Å². The molecule has 6 nitrogen and oxygen atoms in total. The van der Waals surface area contributed by atoms with Crippen LogP contribution >= 0.6 is 0 Å². The molecule has 2 rings (SSSR count). The first-order chi connectivity index (χ1) is 10.1. The SMILES string of the molecule is CCc1cc(CC(NN)C2CN(C)CCN2C)n(CC)n1. The molecule has 0 aromatic carbocycles. The molecular weight excluding hydrogens is 264 g/mol. The van der Waals surface area contributed by atoms with Gasteiger partial charge in [-0.1, -0.05) is 6.92 Å². The second-order valence-electron chi connectivity index (χ2n) is 6.08. The largest absolute Gasteiger partial charge is 0.303 e. The van der Waals surface area contributed by atoms with Crippen molar-refractivity contribution in [3.63, 3.8) is 0 Å². The highest BCUT2D eigenvalue weighted by Gasteiger charge is 2.30. The zero-order chi connectivity index (χ0) is 15.4. The van der Waals surface area contributed by atoms with Crippen LogP contribution in [0.25, 0.3) is 0 Å². The molecule has 2 unspecified atom stereocenters. The molecule has 1 aromatic rings. The molecule has 1 fully saturated rings. The number of piperazine rings is 1. The first kappa shape index (κ1) is 16.4. The minimum absolute atomic E-state index is 0.240. The smallest absolute Gasteiger partial charge is 0.0624 e. The number of nitrogens with one attached hydrogen (secondary N) is 1. The Morgan fingerprint density at radius 2 is 2.14 bits per heavy atom. The van der Waals surface area contributed by atoms with Gasteiger partial charge in [0.1, 0.15) is 0 Å². The average Bonchev–Trinajstić information content (AvgIpc) is 2.89. The number of aromatic nitrogens is 2. The number of rotatable bonds is 6. The summed E-state index contributed by atoms with van der Waals surface area (Å²) in [6.45, 7) is 8.46. The Kier molecular flexibility index (Phi) is 5.75. The van der Waals surface area contributed by atoms with Gasteiger partial charge in [-0.3, -0.25) is 20.9 Å². The topological polar surface area (TPSA) is 62.4 Å². The molecule has 0 radical (unpaired) electrons. The highest BCUT2D eigenvalue weighted by Crippen LogP contribution is 2.15. The van der Waals surface area contributed by atoms with Crippen molar-refractivity contribution in [2.75, 3.05) is 33.7 Å². The van der Waals surface area contributed by atoms with Crippen LogP contribution in [0.4, 0.5) is 0 Å². The summed E-state index contributed by atoms with van der Waals surface area (Å²) < 4.78 is 2.11. The van der Waals surface area contributed by atoms with Crippen molar-refractivity contribution in [1.82, 2.24) is 25.0 Å². The molecule has 6 heteroatoms. The van der Waals surface area contributed by atoms with E-state index in [1.165, 1.54) is 5.69 Å². The lowest BCUT2D eigenvalue weighted by molar-refractivity contribution is 0.0871. The van der Waals surface area contributed by atoms with Gasteiger partial charge in [0.15, 0.2) is 0 Å². The zero-order valence-corrected chi connectivity index (χ0v) is 13.8. The molecule has 3 N–H and O–H groups in total. The molecule has 120 valence electrons. The predicted octanol–water partition coefficient (Wildman–Crippen LogP) is 0.0856. The Morgan fingerprint density at radius 3 is 2.76 bits per heavy atom. The van der Waals surface area contributed by atoms with E-state index in [0.29, 0.717) is 6.04 Å². The fourth-order valence-corrected chi connectivity index (χ4v) is 3.14. The fourth-order valence-electron chi connectivity index (χ4n) is 3.14. The van der Waals surface area contributed by atoms with Crippen LogP contribution in [-0.2, 0) is 19.4 Å². The summed E-state index contributed by atoms with van der Waals surface area (Å²) in [5.74, 6) is 5.87. The van der Waals surface area contributed by atoms with Gasteiger partial charge in [0, 0.05) is 50.4 Å². The summed E-state index contributed by atoms with van der Waals surface area (Å²) in [7, 11) is 4.37. The second kappa shape index (κ2) is 7.35. The van der Waals surface area contributed by atoms with E-state index in [1.54, 1.807) is 0 Å². The van der Waals surface area contributed by atoms with Crippen LogP contribution in [0.3, 0.4) is 0 Å². The molecule has 0 spiro atoms. The maximum absolute atomic E-state index is 5.87. The maximum atomic E-state index is 5.87. The Hall–Kier alpha value is -0.950. The van der Waals surface area contributed by atoms with Crippen LogP contribution in [0.1, 0.15) is 25.2 Å². The van der Waals surface area contributed by atoms with E-state index in [0.717, 1.165) is 44.7 Å². The monoisotopic (exact) mass is 294 g/mol. The van der Waals surface area contributed by atoms with Crippen LogP contribution in [0.5, 0.6) is 0 Å². The molecule has 1 saturated heterocycles. The third kappa shape index (κ3) is 3.83. The number of aryl methyl sites for hydroxylation is 2. The van der Waals surface area contributed by atoms with Crippen LogP contribution in [0.15, 0.2) is 6.07 Å². The third-order valence-corrected chi connectivity index (χ3v) is 4.58. The summed E-state index contributed by atoms with van der Waals surface area (Å²) >= 11 is 0. The van der Waals surface area contributed by atoms with E-state index in [-0.39, 0.29) is 6.04 Å². The van der Waals surface area contributed by atoms with Crippen molar-refractivity contribution in [3.8, 4) is 0 Å². The summed E-state index contributed by atoms with van der Waals surface area (Å²) in [5, 5.41) is 4.64. The summed E-state index contributed by atoms with van der Waals surface area (Å²) in [5.41, 5.74) is 5.48. The quantitative estimate of drug-likeness (QED) is 0.575. The maximum Gasteiger partial charge on any atom is 0.0624 e. The van der Waals surface area contributed by atoms with Crippen molar-refractivity contribution in [2.45, 2.75) is 45.3 Å². The van der Waals surface area contributed by atoms with E-state index in [2.05, 4.69) is 59.0 Å². The zero-order valence-electron chi connectivity index (χ0n) is 13.8. The predicted molar refractivity (Wildman–Crippen MR) is 86.0 cm³/mol. The van der Waals surface area contributed by atoms with Gasteiger partial charge in [-0.2, -0.15) is 5.10 Å². The van der Waals surface area contributed by atoms with Crippen LogP contribution in [-0.4, -0.2) is 65.4 Å². The van der Waals surface area contributed by atoms with E-state index in [4.69, 9.17) is 5.84 Å². The molecule has 2 heterocycles. The van der Waals surface area contributed by atoms with Gasteiger partial charge in [-0.25, -0.2) is 0 Å². The molecule has 1 aliphatic heterocycles. The first-order valence-corrected chi connectivity index (χ1v) is 7.99. The Morgan fingerprint density at radius 1 is 1.38 bits per heavy atom. The molecular formula is C15H30N6. The minimum Gasteiger partial charge on any atom is -0.303 e. The summed E-state index contributed by atoms with van der Waals surface area (Å²) in [4.78, 5) is 4.79. The fraction of sp³-hybridized carbons (Fsp3) is 0.800. The van der Waals surface area contributed by atoms with Crippen LogP contribution < -0.4 is 11.3 Å². The van der Waals surface area contributed by atoms with Gasteiger partial charge >= 0.3 is 0 Å². The number of hydrazine groups is 1. The summed E-state index contributed by atoms with van der Waals surface area (Å²) in [6.07, 6.45) is 1.90. The highest BCUT2D eigenvalue weighted by molar-refractivity contribution is 5.13. The molecule has 2 atom stereocenters. The lowest BCUT2D eigenvalue weighted by Gasteiger charge is -2.41. The van der Waals surface area contributed by atoms with Gasteiger partial charge < -0.3 is 4.90 Å². The highest BCUT2D eigenvalue weighted by atomic mass is 15.3. The molecule has 1 aliphatic rings. The normalized spacial score (nSPS) is 22.6. The first-order valence-electron chi connectivity index (χ1n) is 7.99. The van der Waals surface area contributed by atoms with Crippen molar-refractivity contribution < 1.29 is 0 Å². The minimum atomic E-state index is 0.240. The lowest BCUT2D eigenvalue weighted by atomic mass is 9.99. The molecule has 0 amide bonds. The average molecular weight is 294 g/mol. The Bertz CT molecular complexity index is 443. The number of likely N-dealkylation sites (N-methyl/N-ethyl adjacent to an activating group) is 2. The molecule has 0 aliphatic carbocycles. The Labute approximate surface area is 128 Å². The van der Waals surface area contributed by atoms with Gasteiger partial charge in [-0.15, -0.1) is 0 Å². The molecule has 0 bridgehead atoms. The van der Waals surface area contributed by atoms with Crippen LogP contribution in [0, 0.1) is 0 Å². The molecule has 0 saturated carbocycles. The Balaban J connectivity index is 2.12. The number of nitrogens with two attached hydrogens (primary N) is 1. The lowest BCUT2D eigenvalue weighted by Crippen LogP contribution is -2.60. The van der Waals surface area contributed by atoms with Crippen molar-refractivity contribution in [3.05, 3.63) is 17.5 Å². The van der Waals surface area contributed by atoms with E-state index in [1.807, 2.05) is 0 Å². The van der Waals surface area contributed by atoms with Crippen molar-refractivity contribution >= 4 is 0 Å². The number of hydrogen-bond donors (Lipinski definition) is 2. The third-order valence-electron chi connectivity index (χ3n) is 4.58.